The van der Waals surface area contributed by atoms with Gasteiger partial charge in [-0.05, 0) is 56.7 Å². The largest absolute Gasteiger partial charge is 0.306 e. The van der Waals surface area contributed by atoms with Crippen molar-refractivity contribution < 1.29 is 0 Å². The SMILES string of the molecule is CN1CCC(n2cc(Cc3ncc4nnn(-c5ccc6nccnc6c5)c4n3)cn2)CC1. The lowest BCUT2D eigenvalue weighted by Crippen LogP contribution is -2.31. The van der Waals surface area contributed by atoms with Crippen molar-refractivity contribution in [3.63, 3.8) is 0 Å². The van der Waals surface area contributed by atoms with Gasteiger partial charge in [-0.15, -0.1) is 5.10 Å². The molecule has 0 saturated carbocycles. The molecular formula is C22H22N10. The van der Waals surface area contributed by atoms with E-state index in [9.17, 15) is 0 Å². The third kappa shape index (κ3) is 3.48. The Kier molecular flexibility index (Phi) is 4.57. The molecule has 0 radical (unpaired) electrons. The van der Waals surface area contributed by atoms with Crippen LogP contribution in [0.2, 0.25) is 0 Å². The van der Waals surface area contributed by atoms with Crippen molar-refractivity contribution >= 4 is 22.2 Å². The smallest absolute Gasteiger partial charge is 0.187 e. The lowest BCUT2D eigenvalue weighted by molar-refractivity contribution is 0.212. The summed E-state index contributed by atoms with van der Waals surface area (Å²) in [6.07, 6.45) is 12.0. The second-order valence-electron chi connectivity index (χ2n) is 8.27. The van der Waals surface area contributed by atoms with E-state index in [0.717, 1.165) is 48.2 Å². The Bertz CT molecular complexity index is 1400. The third-order valence-electron chi connectivity index (χ3n) is 6.02. The van der Waals surface area contributed by atoms with Crippen molar-refractivity contribution in [3.8, 4) is 5.69 Å². The molecule has 1 aromatic carbocycles. The fourth-order valence-corrected chi connectivity index (χ4v) is 4.22. The van der Waals surface area contributed by atoms with E-state index in [1.807, 2.05) is 24.4 Å². The second-order valence-corrected chi connectivity index (χ2v) is 8.27. The molecule has 5 heterocycles. The quantitative estimate of drug-likeness (QED) is 0.431. The highest BCUT2D eigenvalue weighted by Gasteiger charge is 2.19. The average Bonchev–Trinajstić information content (AvgIpc) is 3.46. The second kappa shape index (κ2) is 7.72. The Morgan fingerprint density at radius 3 is 2.69 bits per heavy atom. The third-order valence-corrected chi connectivity index (χ3v) is 6.02. The van der Waals surface area contributed by atoms with Gasteiger partial charge in [0.15, 0.2) is 11.2 Å². The predicted molar refractivity (Wildman–Crippen MR) is 118 cm³/mol. The molecule has 1 aliphatic heterocycles. The molecule has 0 N–H and O–H groups in total. The molecule has 32 heavy (non-hydrogen) atoms. The first kappa shape index (κ1) is 18.9. The summed E-state index contributed by atoms with van der Waals surface area (Å²) in [7, 11) is 2.17. The molecule has 0 aliphatic carbocycles. The molecule has 160 valence electrons. The van der Waals surface area contributed by atoms with Crippen LogP contribution in [0.1, 0.15) is 30.3 Å². The number of hydrogen-bond acceptors (Lipinski definition) is 8. The number of likely N-dealkylation sites (tertiary alicyclic amines) is 1. The van der Waals surface area contributed by atoms with Gasteiger partial charge in [0.05, 0.1) is 35.2 Å². The molecule has 0 bridgehead atoms. The summed E-state index contributed by atoms with van der Waals surface area (Å²) in [6, 6.07) is 6.26. The summed E-state index contributed by atoms with van der Waals surface area (Å²) >= 11 is 0. The van der Waals surface area contributed by atoms with Crippen LogP contribution in [0.4, 0.5) is 0 Å². The summed E-state index contributed by atoms with van der Waals surface area (Å²) in [6.45, 7) is 2.22. The fraction of sp³-hybridized carbons (Fsp3) is 0.318. The molecule has 1 saturated heterocycles. The highest BCUT2D eigenvalue weighted by molar-refractivity contribution is 5.78. The molecular weight excluding hydrogens is 404 g/mol. The first-order chi connectivity index (χ1) is 15.7. The first-order valence-electron chi connectivity index (χ1n) is 10.7. The van der Waals surface area contributed by atoms with Crippen LogP contribution in [0.15, 0.2) is 49.2 Å². The van der Waals surface area contributed by atoms with Gasteiger partial charge < -0.3 is 4.90 Å². The minimum Gasteiger partial charge on any atom is -0.306 e. The van der Waals surface area contributed by atoms with Crippen molar-refractivity contribution in [2.75, 3.05) is 20.1 Å². The van der Waals surface area contributed by atoms with Crippen molar-refractivity contribution in [1.82, 2.24) is 49.6 Å². The van der Waals surface area contributed by atoms with Crippen molar-refractivity contribution in [2.45, 2.75) is 25.3 Å². The molecule has 10 heteroatoms. The zero-order valence-electron chi connectivity index (χ0n) is 17.7. The maximum atomic E-state index is 4.77. The van der Waals surface area contributed by atoms with E-state index in [1.165, 1.54) is 0 Å². The molecule has 0 spiro atoms. The van der Waals surface area contributed by atoms with E-state index in [0.29, 0.717) is 29.5 Å². The lowest BCUT2D eigenvalue weighted by atomic mass is 10.1. The van der Waals surface area contributed by atoms with Gasteiger partial charge in [-0.2, -0.15) is 9.78 Å². The zero-order valence-corrected chi connectivity index (χ0v) is 17.7. The highest BCUT2D eigenvalue weighted by atomic mass is 15.4. The van der Waals surface area contributed by atoms with Crippen LogP contribution in [0, 0.1) is 0 Å². The molecule has 0 amide bonds. The summed E-state index contributed by atoms with van der Waals surface area (Å²) in [5, 5.41) is 13.1. The number of rotatable bonds is 4. The summed E-state index contributed by atoms with van der Waals surface area (Å²) < 4.78 is 3.82. The molecule has 0 atom stereocenters. The van der Waals surface area contributed by atoms with E-state index >= 15 is 0 Å². The minimum absolute atomic E-state index is 0.463. The lowest BCUT2D eigenvalue weighted by Gasteiger charge is -2.28. The van der Waals surface area contributed by atoms with E-state index in [-0.39, 0.29) is 0 Å². The van der Waals surface area contributed by atoms with Gasteiger partial charge in [0.25, 0.3) is 0 Å². The van der Waals surface area contributed by atoms with Gasteiger partial charge in [-0.25, -0.2) is 9.97 Å². The minimum atomic E-state index is 0.463. The van der Waals surface area contributed by atoms with Crippen LogP contribution in [-0.4, -0.2) is 69.7 Å². The van der Waals surface area contributed by atoms with Crippen LogP contribution < -0.4 is 0 Å². The number of hydrogen-bond donors (Lipinski definition) is 0. The average molecular weight is 426 g/mol. The van der Waals surface area contributed by atoms with Crippen LogP contribution in [0.3, 0.4) is 0 Å². The maximum Gasteiger partial charge on any atom is 0.187 e. The Morgan fingerprint density at radius 1 is 0.969 bits per heavy atom. The van der Waals surface area contributed by atoms with E-state index in [4.69, 9.17) is 4.98 Å². The molecule has 4 aromatic heterocycles. The first-order valence-corrected chi connectivity index (χ1v) is 10.7. The summed E-state index contributed by atoms with van der Waals surface area (Å²) in [5.41, 5.74) is 4.88. The van der Waals surface area contributed by atoms with Crippen molar-refractivity contribution in [3.05, 3.63) is 60.6 Å². The van der Waals surface area contributed by atoms with Crippen LogP contribution >= 0.6 is 0 Å². The standard InChI is InChI=1S/C22H22N10/c1-30-8-4-16(5-9-30)31-14-15(12-26-31)10-21-25-13-20-22(27-21)32(29-28-20)17-2-3-18-19(11-17)24-7-6-23-18/h2-3,6-7,11-14,16H,4-5,8-10H2,1H3. The molecule has 1 fully saturated rings. The van der Waals surface area contributed by atoms with Crippen molar-refractivity contribution in [1.29, 1.82) is 0 Å². The van der Waals surface area contributed by atoms with Crippen LogP contribution in [-0.2, 0) is 6.42 Å². The van der Waals surface area contributed by atoms with Gasteiger partial charge in [-0.3, -0.25) is 14.6 Å². The van der Waals surface area contributed by atoms with E-state index in [1.54, 1.807) is 23.3 Å². The normalized spacial score (nSPS) is 15.7. The van der Waals surface area contributed by atoms with Gasteiger partial charge in [0.1, 0.15) is 5.82 Å². The Morgan fingerprint density at radius 2 is 1.81 bits per heavy atom. The number of nitrogens with zero attached hydrogens (tertiary/aromatic N) is 10. The van der Waals surface area contributed by atoms with Crippen molar-refractivity contribution in [2.24, 2.45) is 0 Å². The Labute approximate surface area is 183 Å². The van der Waals surface area contributed by atoms with Crippen LogP contribution in [0.25, 0.3) is 27.9 Å². The summed E-state index contributed by atoms with van der Waals surface area (Å²) in [5.74, 6) is 0.713. The van der Waals surface area contributed by atoms with Gasteiger partial charge in [-0.1, -0.05) is 5.21 Å². The maximum absolute atomic E-state index is 4.77. The van der Waals surface area contributed by atoms with Gasteiger partial charge >= 0.3 is 0 Å². The Hall–Kier alpha value is -3.79. The summed E-state index contributed by atoms with van der Waals surface area (Å²) in [4.78, 5) is 20.3. The number of aromatic nitrogens is 9. The number of piperidine rings is 1. The number of fused-ring (bicyclic) bond motifs is 2. The monoisotopic (exact) mass is 426 g/mol. The molecule has 6 rings (SSSR count). The van der Waals surface area contributed by atoms with E-state index in [2.05, 4.69) is 53.2 Å². The molecule has 0 unspecified atom stereocenters. The molecule has 5 aromatic rings. The predicted octanol–water partition coefficient (Wildman–Crippen LogP) is 2.21. The number of benzene rings is 1. The van der Waals surface area contributed by atoms with Gasteiger partial charge in [0, 0.05) is 25.0 Å². The zero-order chi connectivity index (χ0) is 21.5. The van der Waals surface area contributed by atoms with Gasteiger partial charge in [0.2, 0.25) is 0 Å². The molecule has 10 nitrogen and oxygen atoms in total. The Balaban J connectivity index is 1.28. The highest BCUT2D eigenvalue weighted by Crippen LogP contribution is 2.22. The fourth-order valence-electron chi connectivity index (χ4n) is 4.22. The topological polar surface area (TPSA) is 103 Å². The van der Waals surface area contributed by atoms with E-state index < -0.39 is 0 Å². The molecule has 1 aliphatic rings. The van der Waals surface area contributed by atoms with Crippen LogP contribution in [0.5, 0.6) is 0 Å².